The van der Waals surface area contributed by atoms with E-state index in [1.165, 1.54) is 7.11 Å². The highest BCUT2D eigenvalue weighted by atomic mass is 16.5. The normalized spacial score (nSPS) is 26.4. The lowest BCUT2D eigenvalue weighted by Crippen LogP contribution is -2.37. The molecular formula is C12H21NO3. The number of aliphatic hydroxyl groups excluding tert-OH is 1. The van der Waals surface area contributed by atoms with Gasteiger partial charge in [0.2, 0.25) is 0 Å². The average molecular weight is 227 g/mol. The molecule has 1 N–H and O–H groups in total. The zero-order chi connectivity index (χ0) is 12.0. The molecule has 0 unspecified atom stereocenters. The zero-order valence-corrected chi connectivity index (χ0v) is 10.1. The van der Waals surface area contributed by atoms with Crippen molar-refractivity contribution in [1.29, 1.82) is 0 Å². The number of β-amino-alcohol motifs (C(OH)–C–C–N with tert-alkyl or cyclic N) is 1. The second kappa shape index (κ2) is 6.66. The van der Waals surface area contributed by atoms with E-state index in [1.54, 1.807) is 0 Å². The molecular weight excluding hydrogens is 206 g/mol. The Kier molecular flexibility index (Phi) is 5.49. The predicted molar refractivity (Wildman–Crippen MR) is 62.0 cm³/mol. The molecule has 0 aromatic heterocycles. The van der Waals surface area contributed by atoms with E-state index in [9.17, 15) is 9.90 Å². The van der Waals surface area contributed by atoms with Crippen molar-refractivity contribution in [3.63, 3.8) is 0 Å². The molecule has 0 spiro atoms. The molecule has 1 rings (SSSR count). The lowest BCUT2D eigenvalue weighted by molar-refractivity contribution is -0.145. The number of carbonyl (C=O) groups excluding carboxylic acids is 1. The molecule has 0 bridgehead atoms. The fraction of sp³-hybridized carbons (Fsp3) is 0.750. The number of esters is 1. The third-order valence-electron chi connectivity index (χ3n) is 2.84. The second-order valence-electron chi connectivity index (χ2n) is 4.09. The van der Waals surface area contributed by atoms with Crippen molar-refractivity contribution in [2.24, 2.45) is 0 Å². The van der Waals surface area contributed by atoms with E-state index in [1.807, 2.05) is 4.90 Å². The summed E-state index contributed by atoms with van der Waals surface area (Å²) in [7, 11) is 1.39. The van der Waals surface area contributed by atoms with Crippen molar-refractivity contribution >= 4 is 5.97 Å². The molecule has 0 aromatic carbocycles. The fourth-order valence-electron chi connectivity index (χ4n) is 2.03. The first-order chi connectivity index (χ1) is 7.69. The van der Waals surface area contributed by atoms with E-state index < -0.39 is 6.10 Å². The van der Waals surface area contributed by atoms with E-state index in [-0.39, 0.29) is 12.0 Å². The third kappa shape index (κ3) is 3.61. The molecule has 1 heterocycles. The van der Waals surface area contributed by atoms with Crippen LogP contribution in [0.3, 0.4) is 0 Å². The Hall–Kier alpha value is -0.870. The monoisotopic (exact) mass is 227 g/mol. The predicted octanol–water partition coefficient (Wildman–Crippen LogP) is 0.951. The molecule has 2 atom stereocenters. The summed E-state index contributed by atoms with van der Waals surface area (Å²) in [4.78, 5) is 13.5. The highest BCUT2D eigenvalue weighted by Crippen LogP contribution is 2.19. The summed E-state index contributed by atoms with van der Waals surface area (Å²) in [6, 6.07) is -0.268. The van der Waals surface area contributed by atoms with Gasteiger partial charge in [-0.2, -0.15) is 0 Å². The summed E-state index contributed by atoms with van der Waals surface area (Å²) in [5.41, 5.74) is 0. The van der Waals surface area contributed by atoms with Crippen LogP contribution in [-0.4, -0.2) is 48.3 Å². The SMILES string of the molecule is CC/C=C/CCN1C[C@H](O)C[C@H]1C(=O)OC. The topological polar surface area (TPSA) is 49.8 Å². The highest BCUT2D eigenvalue weighted by Gasteiger charge is 2.35. The average Bonchev–Trinajstić information content (AvgIpc) is 2.65. The molecule has 1 aliphatic heterocycles. The summed E-state index contributed by atoms with van der Waals surface area (Å²) in [6.45, 7) is 3.46. The molecule has 0 saturated carbocycles. The van der Waals surface area contributed by atoms with Crippen LogP contribution in [-0.2, 0) is 9.53 Å². The number of methoxy groups -OCH3 is 1. The van der Waals surface area contributed by atoms with E-state index in [0.29, 0.717) is 13.0 Å². The Morgan fingerprint density at radius 2 is 2.31 bits per heavy atom. The minimum Gasteiger partial charge on any atom is -0.468 e. The largest absolute Gasteiger partial charge is 0.468 e. The molecule has 0 amide bonds. The van der Waals surface area contributed by atoms with Gasteiger partial charge in [-0.05, 0) is 12.8 Å². The van der Waals surface area contributed by atoms with Crippen LogP contribution >= 0.6 is 0 Å². The summed E-state index contributed by atoms with van der Waals surface area (Å²) >= 11 is 0. The van der Waals surface area contributed by atoms with Crippen molar-refractivity contribution < 1.29 is 14.6 Å². The van der Waals surface area contributed by atoms with Gasteiger partial charge in [0.05, 0.1) is 13.2 Å². The first-order valence-corrected chi connectivity index (χ1v) is 5.84. The van der Waals surface area contributed by atoms with E-state index in [4.69, 9.17) is 4.74 Å². The van der Waals surface area contributed by atoms with Crippen molar-refractivity contribution in [3.05, 3.63) is 12.2 Å². The van der Waals surface area contributed by atoms with Crippen LogP contribution in [0.15, 0.2) is 12.2 Å². The Morgan fingerprint density at radius 1 is 1.56 bits per heavy atom. The zero-order valence-electron chi connectivity index (χ0n) is 10.1. The number of ether oxygens (including phenoxy) is 1. The highest BCUT2D eigenvalue weighted by molar-refractivity contribution is 5.76. The summed E-state index contributed by atoms with van der Waals surface area (Å²) < 4.78 is 4.73. The molecule has 4 nitrogen and oxygen atoms in total. The Morgan fingerprint density at radius 3 is 2.94 bits per heavy atom. The van der Waals surface area contributed by atoms with Gasteiger partial charge in [0.15, 0.2) is 0 Å². The van der Waals surface area contributed by atoms with Crippen LogP contribution in [0.2, 0.25) is 0 Å². The number of carbonyl (C=O) groups is 1. The number of aliphatic hydroxyl groups is 1. The van der Waals surface area contributed by atoms with Crippen molar-refractivity contribution in [1.82, 2.24) is 4.90 Å². The Balaban J connectivity index is 2.43. The molecule has 92 valence electrons. The first-order valence-electron chi connectivity index (χ1n) is 5.84. The van der Waals surface area contributed by atoms with Gasteiger partial charge < -0.3 is 9.84 Å². The minimum atomic E-state index is -0.403. The van der Waals surface area contributed by atoms with Gasteiger partial charge in [0, 0.05) is 19.5 Å². The molecule has 1 aliphatic rings. The van der Waals surface area contributed by atoms with Crippen LogP contribution in [0.25, 0.3) is 0 Å². The van der Waals surface area contributed by atoms with Crippen LogP contribution < -0.4 is 0 Å². The lowest BCUT2D eigenvalue weighted by Gasteiger charge is -2.20. The van der Waals surface area contributed by atoms with Crippen molar-refractivity contribution in [2.75, 3.05) is 20.2 Å². The quantitative estimate of drug-likeness (QED) is 0.561. The number of hydrogen-bond acceptors (Lipinski definition) is 4. The van der Waals surface area contributed by atoms with Crippen LogP contribution in [0.1, 0.15) is 26.2 Å². The summed E-state index contributed by atoms with van der Waals surface area (Å²) in [6.07, 6.45) is 6.25. The van der Waals surface area contributed by atoms with Crippen LogP contribution in [0.5, 0.6) is 0 Å². The summed E-state index contributed by atoms with van der Waals surface area (Å²) in [5, 5.41) is 9.55. The molecule has 0 aliphatic carbocycles. The minimum absolute atomic E-state index is 0.240. The molecule has 4 heteroatoms. The van der Waals surface area contributed by atoms with Crippen molar-refractivity contribution in [3.8, 4) is 0 Å². The molecule has 0 aromatic rings. The summed E-state index contributed by atoms with van der Waals surface area (Å²) in [5.74, 6) is -0.240. The van der Waals surface area contributed by atoms with Crippen molar-refractivity contribution in [2.45, 2.75) is 38.3 Å². The van der Waals surface area contributed by atoms with Gasteiger partial charge >= 0.3 is 5.97 Å². The van der Waals surface area contributed by atoms with Crippen LogP contribution in [0.4, 0.5) is 0 Å². The van der Waals surface area contributed by atoms with Gasteiger partial charge in [-0.25, -0.2) is 0 Å². The number of rotatable bonds is 5. The van der Waals surface area contributed by atoms with Gasteiger partial charge in [-0.3, -0.25) is 9.69 Å². The Bertz CT molecular complexity index is 253. The van der Waals surface area contributed by atoms with Gasteiger partial charge in [-0.1, -0.05) is 19.1 Å². The molecule has 1 saturated heterocycles. The maximum Gasteiger partial charge on any atom is 0.323 e. The molecule has 1 fully saturated rings. The Labute approximate surface area is 96.9 Å². The second-order valence-corrected chi connectivity index (χ2v) is 4.09. The maximum atomic E-state index is 11.5. The van der Waals surface area contributed by atoms with E-state index in [0.717, 1.165) is 19.4 Å². The standard InChI is InChI=1S/C12H21NO3/c1-3-4-5-6-7-13-9-10(14)8-11(13)12(15)16-2/h4-5,10-11,14H,3,6-9H2,1-2H3/b5-4+/t10-,11+/m1/s1. The molecule has 16 heavy (non-hydrogen) atoms. The van der Waals surface area contributed by atoms with Crippen LogP contribution in [0, 0.1) is 0 Å². The smallest absolute Gasteiger partial charge is 0.323 e. The van der Waals surface area contributed by atoms with Gasteiger partial charge in [0.1, 0.15) is 6.04 Å². The fourth-order valence-corrected chi connectivity index (χ4v) is 2.03. The number of likely N-dealkylation sites (tertiary alicyclic amines) is 1. The number of allylic oxidation sites excluding steroid dienone is 1. The first kappa shape index (κ1) is 13.2. The lowest BCUT2D eigenvalue weighted by atomic mass is 10.2. The van der Waals surface area contributed by atoms with E-state index >= 15 is 0 Å². The maximum absolute atomic E-state index is 11.5. The molecule has 0 radical (unpaired) electrons. The van der Waals surface area contributed by atoms with Gasteiger partial charge in [-0.15, -0.1) is 0 Å². The van der Waals surface area contributed by atoms with E-state index in [2.05, 4.69) is 19.1 Å². The van der Waals surface area contributed by atoms with Gasteiger partial charge in [0.25, 0.3) is 0 Å². The number of hydrogen-bond donors (Lipinski definition) is 1. The number of nitrogens with zero attached hydrogens (tertiary/aromatic N) is 1. The third-order valence-corrected chi connectivity index (χ3v) is 2.84.